The molecular weight excluding hydrogens is 348 g/mol. The van der Waals surface area contributed by atoms with Crippen molar-refractivity contribution in [2.75, 3.05) is 20.0 Å². The van der Waals surface area contributed by atoms with Gasteiger partial charge in [-0.15, -0.1) is 0 Å². The van der Waals surface area contributed by atoms with Gasteiger partial charge in [0.05, 0.1) is 38.5 Å². The molecule has 0 aromatic heterocycles. The van der Waals surface area contributed by atoms with Crippen LogP contribution in [-0.4, -0.2) is 46.3 Å². The second-order valence-electron chi connectivity index (χ2n) is 5.46. The van der Waals surface area contributed by atoms with Gasteiger partial charge in [0.25, 0.3) is 0 Å². The Morgan fingerprint density at radius 1 is 1.28 bits per heavy atom. The molecule has 0 aliphatic carbocycles. The van der Waals surface area contributed by atoms with E-state index in [0.717, 1.165) is 6.26 Å². The highest BCUT2D eigenvalue weighted by molar-refractivity contribution is 7.88. The summed E-state index contributed by atoms with van der Waals surface area (Å²) >= 11 is 0. The molecule has 2 N–H and O–H groups in total. The van der Waals surface area contributed by atoms with Gasteiger partial charge in [0, 0.05) is 0 Å². The lowest BCUT2D eigenvalue weighted by atomic mass is 10.0. The summed E-state index contributed by atoms with van der Waals surface area (Å²) in [7, 11) is -2.02. The van der Waals surface area contributed by atoms with Gasteiger partial charge < -0.3 is 14.8 Å². The van der Waals surface area contributed by atoms with Gasteiger partial charge in [-0.2, -0.15) is 0 Å². The largest absolute Gasteiger partial charge is 0.497 e. The first-order valence-corrected chi connectivity index (χ1v) is 9.62. The van der Waals surface area contributed by atoms with Crippen LogP contribution >= 0.6 is 0 Å². The molecule has 9 heteroatoms. The van der Waals surface area contributed by atoms with Gasteiger partial charge in [-0.1, -0.05) is 12.1 Å². The van der Waals surface area contributed by atoms with Crippen LogP contribution in [0.4, 0.5) is 0 Å². The lowest BCUT2D eigenvalue weighted by Gasteiger charge is -2.21. The average Bonchev–Trinajstić information content (AvgIpc) is 2.52. The molecule has 1 rings (SSSR count). The van der Waals surface area contributed by atoms with Crippen molar-refractivity contribution in [1.29, 1.82) is 0 Å². The van der Waals surface area contributed by atoms with Gasteiger partial charge in [0.2, 0.25) is 15.9 Å². The number of esters is 1. The minimum absolute atomic E-state index is 0.0850. The van der Waals surface area contributed by atoms with Gasteiger partial charge >= 0.3 is 5.97 Å². The van der Waals surface area contributed by atoms with Gasteiger partial charge in [-0.25, -0.2) is 13.1 Å². The molecule has 1 aromatic rings. The van der Waals surface area contributed by atoms with E-state index in [2.05, 4.69) is 10.0 Å². The maximum Gasteiger partial charge on any atom is 0.308 e. The molecule has 1 amide bonds. The molecule has 0 spiro atoms. The van der Waals surface area contributed by atoms with E-state index in [1.807, 2.05) is 0 Å². The number of rotatable bonds is 9. The standard InChI is InChI=1S/C16H24N2O6S/c1-5-24-15(19)10-14(12-7-6-8-13(9-12)23-3)17-16(20)11(2)18-25(4,21)22/h6-9,11,14,18H,5,10H2,1-4H3,(H,17,20)/t11-,14+/m0/s1. The lowest BCUT2D eigenvalue weighted by molar-refractivity contribution is -0.143. The number of carbonyl (C=O) groups is 2. The molecule has 0 unspecified atom stereocenters. The molecule has 0 fully saturated rings. The van der Waals surface area contributed by atoms with Crippen molar-refractivity contribution in [3.05, 3.63) is 29.8 Å². The second-order valence-corrected chi connectivity index (χ2v) is 7.24. The van der Waals surface area contributed by atoms with E-state index in [-0.39, 0.29) is 13.0 Å². The summed E-state index contributed by atoms with van der Waals surface area (Å²) in [6, 6.07) is 5.24. The predicted molar refractivity (Wildman–Crippen MR) is 92.6 cm³/mol. The van der Waals surface area contributed by atoms with Gasteiger partial charge in [0.15, 0.2) is 0 Å². The van der Waals surface area contributed by atoms with Crippen LogP contribution in [0.3, 0.4) is 0 Å². The minimum Gasteiger partial charge on any atom is -0.497 e. The average molecular weight is 372 g/mol. The molecule has 25 heavy (non-hydrogen) atoms. The number of sulfonamides is 1. The van der Waals surface area contributed by atoms with Crippen LogP contribution in [0.1, 0.15) is 31.9 Å². The first-order valence-electron chi connectivity index (χ1n) is 7.73. The highest BCUT2D eigenvalue weighted by Gasteiger charge is 2.24. The zero-order valence-corrected chi connectivity index (χ0v) is 15.6. The second kappa shape index (κ2) is 9.38. The van der Waals surface area contributed by atoms with Crippen LogP contribution in [0.2, 0.25) is 0 Å². The first-order chi connectivity index (χ1) is 11.7. The molecule has 0 radical (unpaired) electrons. The maximum atomic E-state index is 12.3. The zero-order valence-electron chi connectivity index (χ0n) is 14.7. The van der Waals surface area contributed by atoms with Crippen LogP contribution in [-0.2, 0) is 24.3 Å². The van der Waals surface area contributed by atoms with Crippen LogP contribution in [0.15, 0.2) is 24.3 Å². The van der Waals surface area contributed by atoms with E-state index < -0.39 is 34.0 Å². The van der Waals surface area contributed by atoms with Crippen molar-refractivity contribution in [2.24, 2.45) is 0 Å². The zero-order chi connectivity index (χ0) is 19.0. The van der Waals surface area contributed by atoms with E-state index in [1.165, 1.54) is 14.0 Å². The molecule has 0 heterocycles. The number of hydrogen-bond donors (Lipinski definition) is 2. The Morgan fingerprint density at radius 2 is 1.96 bits per heavy atom. The summed E-state index contributed by atoms with van der Waals surface area (Å²) in [5, 5.41) is 2.67. The SMILES string of the molecule is CCOC(=O)C[C@@H](NC(=O)[C@H](C)NS(C)(=O)=O)c1cccc(OC)c1. The Labute approximate surface area is 147 Å². The fourth-order valence-electron chi connectivity index (χ4n) is 2.17. The topological polar surface area (TPSA) is 111 Å². The third kappa shape index (κ3) is 7.53. The summed E-state index contributed by atoms with van der Waals surface area (Å²) < 4.78 is 34.8. The van der Waals surface area contributed by atoms with Crippen LogP contribution in [0.5, 0.6) is 5.75 Å². The van der Waals surface area contributed by atoms with Crippen LogP contribution in [0, 0.1) is 0 Å². The predicted octanol–water partition coefficient (Wildman–Crippen LogP) is 0.743. The van der Waals surface area contributed by atoms with E-state index in [9.17, 15) is 18.0 Å². The van der Waals surface area contributed by atoms with Crippen molar-refractivity contribution >= 4 is 21.9 Å². The van der Waals surface area contributed by atoms with Crippen molar-refractivity contribution in [2.45, 2.75) is 32.4 Å². The molecule has 1 aromatic carbocycles. The van der Waals surface area contributed by atoms with Gasteiger partial charge in [-0.3, -0.25) is 9.59 Å². The number of amides is 1. The van der Waals surface area contributed by atoms with E-state index in [4.69, 9.17) is 9.47 Å². The van der Waals surface area contributed by atoms with Crippen LogP contribution < -0.4 is 14.8 Å². The Morgan fingerprint density at radius 3 is 2.52 bits per heavy atom. The molecule has 2 atom stereocenters. The Balaban J connectivity index is 2.97. The fraction of sp³-hybridized carbons (Fsp3) is 0.500. The summed E-state index contributed by atoms with van der Waals surface area (Å²) in [5.41, 5.74) is 0.646. The molecule has 0 aliphatic heterocycles. The number of methoxy groups -OCH3 is 1. The Kier molecular flexibility index (Phi) is 7.85. The van der Waals surface area contributed by atoms with Crippen LogP contribution in [0.25, 0.3) is 0 Å². The van der Waals surface area contributed by atoms with Crippen molar-refractivity contribution in [3.8, 4) is 5.75 Å². The van der Waals surface area contributed by atoms with E-state index >= 15 is 0 Å². The van der Waals surface area contributed by atoms with Crippen molar-refractivity contribution < 1.29 is 27.5 Å². The smallest absolute Gasteiger partial charge is 0.308 e. The molecule has 0 saturated carbocycles. The molecular formula is C16H24N2O6S. The summed E-state index contributed by atoms with van der Waals surface area (Å²) in [4.78, 5) is 24.1. The Hall–Kier alpha value is -2.13. The highest BCUT2D eigenvalue weighted by Crippen LogP contribution is 2.22. The number of hydrogen-bond acceptors (Lipinski definition) is 6. The summed E-state index contributed by atoms with van der Waals surface area (Å²) in [5.74, 6) is -0.454. The monoisotopic (exact) mass is 372 g/mol. The first kappa shape index (κ1) is 20.9. The van der Waals surface area contributed by atoms with E-state index in [1.54, 1.807) is 31.2 Å². The summed E-state index contributed by atoms with van der Waals surface area (Å²) in [6.45, 7) is 3.34. The highest BCUT2D eigenvalue weighted by atomic mass is 32.2. The fourth-order valence-corrected chi connectivity index (χ4v) is 2.92. The third-order valence-corrected chi connectivity index (χ3v) is 4.05. The molecule has 0 saturated heterocycles. The molecule has 140 valence electrons. The number of nitrogens with one attached hydrogen (secondary N) is 2. The molecule has 8 nitrogen and oxygen atoms in total. The molecule has 0 aliphatic rings. The van der Waals surface area contributed by atoms with Gasteiger partial charge in [0.1, 0.15) is 5.75 Å². The maximum absolute atomic E-state index is 12.3. The van der Waals surface area contributed by atoms with Gasteiger partial charge in [-0.05, 0) is 31.5 Å². The lowest BCUT2D eigenvalue weighted by Crippen LogP contribution is -2.45. The minimum atomic E-state index is -3.53. The number of ether oxygens (including phenoxy) is 2. The van der Waals surface area contributed by atoms with Crippen molar-refractivity contribution in [1.82, 2.24) is 10.0 Å². The third-order valence-electron chi connectivity index (χ3n) is 3.27. The quantitative estimate of drug-likeness (QED) is 0.619. The number of carbonyl (C=O) groups excluding carboxylic acids is 2. The normalized spacial score (nSPS) is 13.6. The summed E-state index contributed by atoms with van der Waals surface area (Å²) in [6.07, 6.45) is 0.882. The van der Waals surface area contributed by atoms with E-state index in [0.29, 0.717) is 11.3 Å². The Bertz CT molecular complexity index is 704. The van der Waals surface area contributed by atoms with Crippen molar-refractivity contribution in [3.63, 3.8) is 0 Å². The number of benzene rings is 1. The molecule has 0 bridgehead atoms.